The van der Waals surface area contributed by atoms with Gasteiger partial charge in [0.2, 0.25) is 0 Å². The highest BCUT2D eigenvalue weighted by Gasteiger charge is 2.16. The Kier molecular flexibility index (Phi) is 6.16. The smallest absolute Gasteiger partial charge is 0.279 e. The number of anilines is 1. The van der Waals surface area contributed by atoms with Crippen molar-refractivity contribution in [2.24, 2.45) is 0 Å². The summed E-state index contributed by atoms with van der Waals surface area (Å²) in [6.07, 6.45) is 0. The van der Waals surface area contributed by atoms with Crippen LogP contribution in [0.1, 0.15) is 11.1 Å². The molecule has 0 aliphatic carbocycles. The summed E-state index contributed by atoms with van der Waals surface area (Å²) in [5.74, 6) is -0.637. The second kappa shape index (κ2) is 8.11. The molecule has 24 heavy (non-hydrogen) atoms. The van der Waals surface area contributed by atoms with Crippen LogP contribution in [0.3, 0.4) is 0 Å². The highest BCUT2D eigenvalue weighted by molar-refractivity contribution is 6.32. The minimum Gasteiger partial charge on any atom is -0.326 e. The number of carbonyl (C=O) groups is 1. The van der Waals surface area contributed by atoms with Crippen molar-refractivity contribution in [3.63, 3.8) is 0 Å². The summed E-state index contributed by atoms with van der Waals surface area (Å²) < 4.78 is 13.8. The third kappa shape index (κ3) is 4.68. The Morgan fingerprint density at radius 3 is 2.67 bits per heavy atom. The number of hydrogen-bond acceptors (Lipinski definition) is 2. The van der Waals surface area contributed by atoms with Crippen LogP contribution in [0.5, 0.6) is 0 Å². The first-order valence-corrected chi connectivity index (χ1v) is 7.90. The number of amides is 1. The number of nitrogens with one attached hydrogen (secondary N) is 2. The van der Waals surface area contributed by atoms with E-state index in [0.717, 1.165) is 4.90 Å². The Balaban J connectivity index is 1.97. The van der Waals surface area contributed by atoms with Gasteiger partial charge in [0.05, 0.1) is 28.2 Å². The number of likely N-dealkylation sites (N-methyl/N-ethyl adjacent to an activating group) is 1. The fraction of sp³-hybridized carbons (Fsp3) is 0.176. The topological polar surface area (TPSA) is 57.3 Å². The molecule has 0 aliphatic rings. The normalized spacial score (nSPS) is 11.6. The number of rotatable bonds is 5. The highest BCUT2D eigenvalue weighted by atomic mass is 35.5. The van der Waals surface area contributed by atoms with Crippen LogP contribution in [0.4, 0.5) is 10.1 Å². The number of benzene rings is 2. The van der Waals surface area contributed by atoms with Gasteiger partial charge in [-0.2, -0.15) is 5.26 Å². The molecule has 1 atom stereocenters. The van der Waals surface area contributed by atoms with Gasteiger partial charge in [0.1, 0.15) is 18.4 Å². The maximum atomic E-state index is 13.8. The second-order valence-electron chi connectivity index (χ2n) is 5.37. The summed E-state index contributed by atoms with van der Waals surface area (Å²) in [6.45, 7) is 0.412. The van der Waals surface area contributed by atoms with Gasteiger partial charge in [0.25, 0.3) is 5.91 Å². The first-order valence-electron chi connectivity index (χ1n) is 7.14. The molecule has 0 fully saturated rings. The molecule has 4 nitrogen and oxygen atoms in total. The van der Waals surface area contributed by atoms with E-state index in [1.54, 1.807) is 19.2 Å². The minimum atomic E-state index is -0.388. The van der Waals surface area contributed by atoms with Crippen LogP contribution < -0.4 is 10.2 Å². The quantitative estimate of drug-likeness (QED) is 0.854. The van der Waals surface area contributed by atoms with E-state index in [2.05, 4.69) is 5.32 Å². The van der Waals surface area contributed by atoms with Crippen LogP contribution in [-0.2, 0) is 11.3 Å². The van der Waals surface area contributed by atoms with Gasteiger partial charge >= 0.3 is 0 Å². The fourth-order valence-electron chi connectivity index (χ4n) is 2.23. The van der Waals surface area contributed by atoms with Crippen LogP contribution in [0.15, 0.2) is 36.4 Å². The average molecular weight is 367 g/mol. The molecule has 1 unspecified atom stereocenters. The van der Waals surface area contributed by atoms with Gasteiger partial charge in [0, 0.05) is 5.69 Å². The van der Waals surface area contributed by atoms with Crippen molar-refractivity contribution in [3.05, 3.63) is 63.4 Å². The van der Waals surface area contributed by atoms with E-state index in [1.165, 1.54) is 24.3 Å². The van der Waals surface area contributed by atoms with Crippen molar-refractivity contribution in [1.82, 2.24) is 0 Å². The molecular weight excluding hydrogens is 352 g/mol. The predicted molar refractivity (Wildman–Crippen MR) is 91.7 cm³/mol. The summed E-state index contributed by atoms with van der Waals surface area (Å²) in [6, 6.07) is 11.1. The van der Waals surface area contributed by atoms with Crippen LogP contribution >= 0.6 is 23.2 Å². The maximum absolute atomic E-state index is 13.8. The number of halogens is 3. The van der Waals surface area contributed by atoms with Gasteiger partial charge in [0.15, 0.2) is 6.54 Å². The molecule has 0 radical (unpaired) electrons. The lowest BCUT2D eigenvalue weighted by molar-refractivity contribution is -0.885. The van der Waals surface area contributed by atoms with E-state index in [1.807, 2.05) is 6.07 Å². The molecule has 2 rings (SSSR count). The number of nitrogens with zero attached hydrogens (tertiary/aromatic N) is 1. The van der Waals surface area contributed by atoms with Crippen molar-refractivity contribution in [2.75, 3.05) is 18.9 Å². The largest absolute Gasteiger partial charge is 0.326 e. The van der Waals surface area contributed by atoms with Crippen molar-refractivity contribution in [2.45, 2.75) is 6.54 Å². The Bertz CT molecular complexity index is 785. The van der Waals surface area contributed by atoms with Gasteiger partial charge in [-0.15, -0.1) is 0 Å². The standard InChI is InChI=1S/C17H14Cl2FN3O/c1-23(9-13-14(18)3-2-4-16(13)20)10-17(24)22-12-6-5-11(8-21)15(19)7-12/h2-7H,9-10H2,1H3,(H,22,24)/p+1. The first kappa shape index (κ1) is 18.2. The van der Waals surface area contributed by atoms with E-state index >= 15 is 0 Å². The highest BCUT2D eigenvalue weighted by Crippen LogP contribution is 2.20. The van der Waals surface area contributed by atoms with Crippen molar-refractivity contribution in [3.8, 4) is 6.07 Å². The molecule has 0 spiro atoms. The summed E-state index contributed by atoms with van der Waals surface area (Å²) in [4.78, 5) is 12.9. The summed E-state index contributed by atoms with van der Waals surface area (Å²) in [5, 5.41) is 12.1. The van der Waals surface area contributed by atoms with Crippen LogP contribution in [0, 0.1) is 17.1 Å². The molecule has 2 N–H and O–H groups in total. The summed E-state index contributed by atoms with van der Waals surface area (Å²) in [7, 11) is 1.77. The molecule has 0 heterocycles. The van der Waals surface area contributed by atoms with Gasteiger partial charge in [-0.1, -0.05) is 29.3 Å². The fourth-order valence-corrected chi connectivity index (χ4v) is 2.68. The maximum Gasteiger partial charge on any atom is 0.279 e. The van der Waals surface area contributed by atoms with E-state index in [0.29, 0.717) is 21.8 Å². The first-order chi connectivity index (χ1) is 11.4. The van der Waals surface area contributed by atoms with E-state index < -0.39 is 0 Å². The van der Waals surface area contributed by atoms with Gasteiger partial charge in [-0.3, -0.25) is 4.79 Å². The lowest BCUT2D eigenvalue weighted by Crippen LogP contribution is -3.08. The molecule has 0 aliphatic heterocycles. The van der Waals surface area contributed by atoms with Crippen LogP contribution in [-0.4, -0.2) is 19.5 Å². The lowest BCUT2D eigenvalue weighted by Gasteiger charge is -2.15. The van der Waals surface area contributed by atoms with Gasteiger partial charge in [-0.05, 0) is 30.3 Å². The minimum absolute atomic E-state index is 0.127. The molecule has 1 amide bonds. The van der Waals surface area contributed by atoms with Crippen molar-refractivity contribution in [1.29, 1.82) is 5.26 Å². The molecule has 124 valence electrons. The SMILES string of the molecule is C[NH+](CC(=O)Nc1ccc(C#N)c(Cl)c1)Cc1c(F)cccc1Cl. The van der Waals surface area contributed by atoms with Crippen molar-refractivity contribution < 1.29 is 14.1 Å². The van der Waals surface area contributed by atoms with E-state index in [-0.39, 0.29) is 29.8 Å². The zero-order chi connectivity index (χ0) is 17.7. The third-order valence-corrected chi connectivity index (χ3v) is 4.04. The Morgan fingerprint density at radius 1 is 1.29 bits per heavy atom. The number of quaternary nitrogens is 1. The molecule has 0 saturated carbocycles. The molecule has 0 bridgehead atoms. The monoisotopic (exact) mass is 366 g/mol. The number of nitriles is 1. The second-order valence-corrected chi connectivity index (χ2v) is 6.18. The Morgan fingerprint density at radius 2 is 2.04 bits per heavy atom. The predicted octanol–water partition coefficient (Wildman–Crippen LogP) is 2.66. The van der Waals surface area contributed by atoms with E-state index in [9.17, 15) is 9.18 Å². The Hall–Kier alpha value is -2.13. The molecular formula is C17H15Cl2FN3O+. The Labute approximate surface area is 149 Å². The molecule has 2 aromatic carbocycles. The van der Waals surface area contributed by atoms with Crippen LogP contribution in [0.2, 0.25) is 10.0 Å². The number of hydrogen-bond donors (Lipinski definition) is 2. The van der Waals surface area contributed by atoms with E-state index in [4.69, 9.17) is 28.5 Å². The third-order valence-electron chi connectivity index (χ3n) is 3.38. The van der Waals surface area contributed by atoms with Gasteiger partial charge in [-0.25, -0.2) is 4.39 Å². The molecule has 0 saturated heterocycles. The van der Waals surface area contributed by atoms with Crippen LogP contribution in [0.25, 0.3) is 0 Å². The summed E-state index contributed by atoms with van der Waals surface area (Å²) in [5.41, 5.74) is 1.22. The van der Waals surface area contributed by atoms with Crippen molar-refractivity contribution >= 4 is 34.8 Å². The lowest BCUT2D eigenvalue weighted by atomic mass is 10.2. The zero-order valence-corrected chi connectivity index (χ0v) is 14.4. The molecule has 7 heteroatoms. The van der Waals surface area contributed by atoms with Gasteiger partial charge < -0.3 is 10.2 Å². The number of carbonyl (C=O) groups excluding carboxylic acids is 1. The summed E-state index contributed by atoms with van der Waals surface area (Å²) >= 11 is 11.9. The molecule has 2 aromatic rings. The average Bonchev–Trinajstić information content (AvgIpc) is 2.51. The zero-order valence-electron chi connectivity index (χ0n) is 12.9. The molecule has 0 aromatic heterocycles.